The van der Waals surface area contributed by atoms with E-state index < -0.39 is 81.1 Å². The van der Waals surface area contributed by atoms with Crippen LogP contribution < -0.4 is 10.1 Å². The number of rotatable bonds is 0. The number of ether oxygens (including phenoxy) is 2. The Balaban J connectivity index is 0.981. The summed E-state index contributed by atoms with van der Waals surface area (Å²) in [6, 6.07) is 6.31. The minimum absolute atomic E-state index is 0.00996. The standard InChI is InChI=1S/C69H69N5O10/c1-33-24-38-46(43(75)25-33)54(78)49-44-26-37-35(47(49)53(38)77)13-23-70-60(37)71-29-45(76)66-31-63(16-4-5-17-63)40-9-7-19-65-18-6-8-34-10-11-42-57(73-32-72-42)68(34,65)56-36(12-20-65)48(51(40)66)52(74-56)39-27-67(83-44)58(80)55(79)59(81)69(84-67)50(39)41(66)28-64(61(69)82)22-21-62(30-64)14-2-3-15-62/h12-13,20,23-27,32,34,40,45,51,55,58-59,61,74-76,79-82H,2-6,8,10-11,14-19,21-22,28-31H2,1H3,(H,70,71)(H,72,73)/t34-,40-,45+,51-,55-,58-,59+,61-,64-,65-,66+,67-,68+,69+/m1/s1. The number of ketones is 2. The molecule has 2 aromatic carbocycles. The van der Waals surface area contributed by atoms with Crippen molar-refractivity contribution < 1.29 is 49.7 Å². The molecule has 0 radical (unpaired) electrons. The summed E-state index contributed by atoms with van der Waals surface area (Å²) >= 11 is 0. The highest BCUT2D eigenvalue weighted by Gasteiger charge is 2.79. The number of fused-ring (bicyclic) bond motifs is 7. The molecule has 6 fully saturated rings. The molecular weight excluding hydrogens is 1060 g/mol. The van der Waals surface area contributed by atoms with Crippen molar-refractivity contribution in [2.75, 3.05) is 11.9 Å². The van der Waals surface area contributed by atoms with E-state index in [1.807, 2.05) is 6.33 Å². The van der Waals surface area contributed by atoms with Crippen molar-refractivity contribution in [2.24, 2.45) is 38.9 Å². The van der Waals surface area contributed by atoms with E-state index in [1.54, 1.807) is 37.4 Å². The number of pyridine rings is 1. The molecule has 5 saturated carbocycles. The van der Waals surface area contributed by atoms with Crippen molar-refractivity contribution in [3.05, 3.63) is 122 Å². The highest BCUT2D eigenvalue weighted by atomic mass is 16.7. The molecule has 15 heteroatoms. The number of carbonyl (C=O) groups excluding carboxylic acids is 2. The zero-order valence-corrected chi connectivity index (χ0v) is 47.2. The van der Waals surface area contributed by atoms with Crippen molar-refractivity contribution >= 4 is 39.8 Å². The lowest BCUT2D eigenvalue weighted by Gasteiger charge is -2.64. The zero-order chi connectivity index (χ0) is 56.6. The summed E-state index contributed by atoms with van der Waals surface area (Å²) in [4.78, 5) is 49.1. The molecule has 4 aliphatic heterocycles. The van der Waals surface area contributed by atoms with Crippen molar-refractivity contribution in [1.29, 1.82) is 0 Å². The number of hydrogen-bond donors (Lipinski definition) is 9. The van der Waals surface area contributed by atoms with Gasteiger partial charge in [-0.3, -0.25) is 9.59 Å². The number of aliphatic hydroxyl groups is 5. The first-order valence-electron chi connectivity index (χ1n) is 31.5. The number of benzene rings is 2. The van der Waals surface area contributed by atoms with Gasteiger partial charge in [0, 0.05) is 86.3 Å². The number of aliphatic hydroxyl groups excluding tert-OH is 5. The molecule has 21 rings (SSSR count). The normalized spacial score (nSPS) is 40.2. The number of phenolic OH excluding ortho intramolecular Hbond substituents is 1. The molecule has 430 valence electrons. The molecule has 12 bridgehead atoms. The number of phenols is 1. The van der Waals surface area contributed by atoms with Gasteiger partial charge < -0.3 is 55.4 Å². The van der Waals surface area contributed by atoms with Crippen LogP contribution >= 0.6 is 0 Å². The number of carbonyl (C=O) groups is 2. The highest BCUT2D eigenvalue weighted by molar-refractivity contribution is 6.34. The Morgan fingerprint density at radius 1 is 0.833 bits per heavy atom. The molecule has 16 aliphatic rings. The zero-order valence-electron chi connectivity index (χ0n) is 47.2. The molecule has 8 spiro atoms. The van der Waals surface area contributed by atoms with Crippen molar-refractivity contribution in [1.82, 2.24) is 19.9 Å². The first-order chi connectivity index (χ1) is 40.6. The summed E-state index contributed by atoms with van der Waals surface area (Å²) in [5.41, 5.74) is 2.19. The molecule has 1 saturated heterocycles. The molecule has 14 atom stereocenters. The second-order valence-corrected chi connectivity index (χ2v) is 29.1. The molecule has 7 heterocycles. The van der Waals surface area contributed by atoms with Gasteiger partial charge in [-0.1, -0.05) is 55.7 Å². The van der Waals surface area contributed by atoms with Crippen molar-refractivity contribution in [3.63, 3.8) is 0 Å². The number of nitrogens with one attached hydrogen (secondary N) is 3. The Hall–Kier alpha value is -6.38. The highest BCUT2D eigenvalue weighted by Crippen LogP contribution is 2.79. The van der Waals surface area contributed by atoms with Gasteiger partial charge in [0.25, 0.3) is 5.79 Å². The molecule has 12 aliphatic carbocycles. The monoisotopic (exact) mass is 1130 g/mol. The molecule has 0 amide bonds. The Morgan fingerprint density at radius 3 is 2.51 bits per heavy atom. The van der Waals surface area contributed by atoms with Crippen LogP contribution in [0.15, 0.2) is 60.1 Å². The summed E-state index contributed by atoms with van der Waals surface area (Å²) in [5.74, 6) is 3.70. The number of aromatic nitrogens is 4. The van der Waals surface area contributed by atoms with Gasteiger partial charge >= 0.3 is 0 Å². The minimum atomic E-state index is -2.49. The summed E-state index contributed by atoms with van der Waals surface area (Å²) in [6.45, 7) is 1.72. The quantitative estimate of drug-likeness (QED) is 0.0647. The van der Waals surface area contributed by atoms with Crippen LogP contribution in [0.3, 0.4) is 0 Å². The fourth-order valence-electron chi connectivity index (χ4n) is 22.8. The van der Waals surface area contributed by atoms with E-state index in [0.29, 0.717) is 71.1 Å². The number of allylic oxidation sites excluding steroid dienone is 1. The Morgan fingerprint density at radius 2 is 1.67 bits per heavy atom. The maximum absolute atomic E-state index is 15.6. The minimum Gasteiger partial charge on any atom is -0.507 e. The van der Waals surface area contributed by atoms with Crippen molar-refractivity contribution in [3.8, 4) is 23.3 Å². The molecule has 5 aromatic rings. The average molecular weight is 1130 g/mol. The van der Waals surface area contributed by atoms with Gasteiger partial charge in [-0.2, -0.15) is 0 Å². The summed E-state index contributed by atoms with van der Waals surface area (Å²) < 4.78 is 15.2. The van der Waals surface area contributed by atoms with Gasteiger partial charge in [0.2, 0.25) is 5.78 Å². The van der Waals surface area contributed by atoms with Gasteiger partial charge in [-0.05, 0) is 160 Å². The second-order valence-electron chi connectivity index (χ2n) is 29.1. The van der Waals surface area contributed by atoms with Crippen LogP contribution in [0.25, 0.3) is 22.4 Å². The predicted octanol–water partition coefficient (Wildman–Crippen LogP) is 8.79. The van der Waals surface area contributed by atoms with Gasteiger partial charge in [-0.25, -0.2) is 9.97 Å². The SMILES string of the molecule is Cc1cc(O)c2c(c1)C(=O)c1c(c3cc4c(nccc14)NC[C@H](O)[C@@]14CC5(CCCC5)[C@@H]5C#CC[C@]67C=Cc8c([nH]c(c8[C@@H]51)C1=C[C@@]5(O3)O[C@@]3(C1=C4C[C@@]1(CCC4(CCCC4)C1)[C@H]3O)[C@@H](O)[C@H](O)[C@H]5O)[C@@]61c3nc[nH]c3CC[C@H]1CCC7)C2=O. The van der Waals surface area contributed by atoms with Crippen molar-refractivity contribution in [2.45, 2.75) is 182 Å². The molecular formula is C69H69N5O10. The molecule has 9 N–H and O–H groups in total. The number of aryl methyl sites for hydroxylation is 2. The third kappa shape index (κ3) is 5.42. The maximum atomic E-state index is 15.6. The lowest BCUT2D eigenvalue weighted by atomic mass is 9.43. The van der Waals surface area contributed by atoms with E-state index in [4.69, 9.17) is 19.4 Å². The largest absolute Gasteiger partial charge is 0.507 e. The Kier molecular flexibility index (Phi) is 9.36. The number of anilines is 1. The van der Waals surface area contributed by atoms with E-state index in [0.717, 1.165) is 124 Å². The number of aromatic hydroxyl groups is 1. The first-order valence-corrected chi connectivity index (χ1v) is 31.5. The van der Waals surface area contributed by atoms with Crippen LogP contribution in [0.2, 0.25) is 0 Å². The Labute approximate surface area is 485 Å². The van der Waals surface area contributed by atoms with Gasteiger partial charge in [-0.15, -0.1) is 5.92 Å². The lowest BCUT2D eigenvalue weighted by Crippen LogP contribution is -2.79. The van der Waals surface area contributed by atoms with E-state index in [9.17, 15) is 30.6 Å². The average Bonchev–Trinajstić information content (AvgIpc) is 1.51. The maximum Gasteiger partial charge on any atom is 0.261 e. The smallest absolute Gasteiger partial charge is 0.261 e. The van der Waals surface area contributed by atoms with Crippen LogP contribution in [0.1, 0.15) is 193 Å². The van der Waals surface area contributed by atoms with E-state index in [2.05, 4.69) is 39.3 Å². The first kappa shape index (κ1) is 49.8. The van der Waals surface area contributed by atoms with Crippen LogP contribution in [0.4, 0.5) is 5.82 Å². The van der Waals surface area contributed by atoms with E-state index >= 15 is 9.59 Å². The summed E-state index contributed by atoms with van der Waals surface area (Å²) in [7, 11) is 0. The number of nitrogens with zero attached hydrogens (tertiary/aromatic N) is 2. The second kappa shape index (κ2) is 15.8. The topological polar surface area (TPSA) is 243 Å². The summed E-state index contributed by atoms with van der Waals surface area (Å²) in [5, 5.41) is 85.2. The lowest BCUT2D eigenvalue weighted by molar-refractivity contribution is -0.366. The molecule has 3 aromatic heterocycles. The van der Waals surface area contributed by atoms with Crippen LogP contribution in [-0.2, 0) is 16.6 Å². The number of imidazole rings is 1. The van der Waals surface area contributed by atoms with Gasteiger partial charge in [0.1, 0.15) is 29.5 Å². The summed E-state index contributed by atoms with van der Waals surface area (Å²) in [6.07, 6.45) is 17.7. The predicted molar refractivity (Wildman–Crippen MR) is 308 cm³/mol. The number of aromatic amines is 2. The van der Waals surface area contributed by atoms with E-state index in [-0.39, 0.29) is 63.0 Å². The molecule has 84 heavy (non-hydrogen) atoms. The van der Waals surface area contributed by atoms with Gasteiger partial charge in [0.15, 0.2) is 17.5 Å². The third-order valence-electron chi connectivity index (χ3n) is 25.8. The van der Waals surface area contributed by atoms with Crippen LogP contribution in [0, 0.1) is 57.7 Å². The fraction of sp³-hybridized carbons (Fsp3) is 0.536. The Bertz CT molecular complexity index is 4090. The number of hydrogen-bond acceptors (Lipinski definition) is 13. The van der Waals surface area contributed by atoms with E-state index in [1.165, 1.54) is 6.07 Å². The van der Waals surface area contributed by atoms with Crippen LogP contribution in [-0.4, -0.2) is 111 Å². The van der Waals surface area contributed by atoms with Crippen LogP contribution in [0.5, 0.6) is 11.5 Å². The number of H-pyrrole nitrogens is 2. The molecule has 15 nitrogen and oxygen atoms in total. The van der Waals surface area contributed by atoms with Gasteiger partial charge in [0.05, 0.1) is 46.5 Å². The molecule has 0 unspecified atom stereocenters. The fourth-order valence-corrected chi connectivity index (χ4v) is 22.8. The third-order valence-corrected chi connectivity index (χ3v) is 25.8.